The summed E-state index contributed by atoms with van der Waals surface area (Å²) in [7, 11) is -3.69. The Morgan fingerprint density at radius 2 is 1.86 bits per heavy atom. The highest BCUT2D eigenvalue weighted by atomic mass is 32.2. The number of benzene rings is 1. The monoisotopic (exact) mass is 314 g/mol. The third kappa shape index (κ3) is 6.37. The van der Waals surface area contributed by atoms with Crippen LogP contribution in [0.3, 0.4) is 0 Å². The van der Waals surface area contributed by atoms with Gasteiger partial charge in [0.15, 0.2) is 6.61 Å². The Morgan fingerprint density at radius 1 is 1.24 bits per heavy atom. The van der Waals surface area contributed by atoms with Gasteiger partial charge in [0, 0.05) is 13.0 Å². The molecule has 1 aromatic rings. The van der Waals surface area contributed by atoms with E-state index < -0.39 is 16.0 Å². The highest BCUT2D eigenvalue weighted by molar-refractivity contribution is 7.89. The number of nitrogens with two attached hydrogens (primary N) is 1. The molecule has 0 aliphatic heterocycles. The lowest BCUT2D eigenvalue weighted by Gasteiger charge is -2.06. The van der Waals surface area contributed by atoms with Crippen molar-refractivity contribution in [1.82, 2.24) is 5.32 Å². The third-order valence-corrected chi connectivity index (χ3v) is 3.57. The van der Waals surface area contributed by atoms with E-state index >= 15 is 0 Å². The molecule has 0 atom stereocenters. The summed E-state index contributed by atoms with van der Waals surface area (Å²) in [6.45, 7) is 1.71. The minimum atomic E-state index is -3.69. The van der Waals surface area contributed by atoms with Crippen LogP contribution in [0, 0.1) is 0 Å². The molecule has 0 aliphatic carbocycles. The van der Waals surface area contributed by atoms with Gasteiger partial charge >= 0.3 is 5.97 Å². The van der Waals surface area contributed by atoms with Crippen LogP contribution >= 0.6 is 0 Å². The first-order chi connectivity index (χ1) is 9.82. The van der Waals surface area contributed by atoms with Crippen molar-refractivity contribution in [2.75, 3.05) is 13.2 Å². The van der Waals surface area contributed by atoms with Crippen LogP contribution in [0.4, 0.5) is 0 Å². The lowest BCUT2D eigenvalue weighted by atomic mass is 10.1. The van der Waals surface area contributed by atoms with Crippen LogP contribution in [0.2, 0.25) is 0 Å². The molecular weight excluding hydrogens is 296 g/mol. The zero-order valence-electron chi connectivity index (χ0n) is 11.7. The van der Waals surface area contributed by atoms with Crippen LogP contribution in [-0.4, -0.2) is 33.4 Å². The molecule has 7 nitrogen and oxygen atoms in total. The summed E-state index contributed by atoms with van der Waals surface area (Å²) in [5.41, 5.74) is 0.855. The topological polar surface area (TPSA) is 116 Å². The summed E-state index contributed by atoms with van der Waals surface area (Å²) in [5.74, 6) is -0.804. The fraction of sp³-hybridized carbons (Fsp3) is 0.385. The number of amides is 1. The van der Waals surface area contributed by atoms with Gasteiger partial charge in [-0.3, -0.25) is 9.59 Å². The standard InChI is InChI=1S/C13H18N2O5S/c1-2-13(17)20-9-12(16)15-8-7-10-3-5-11(6-4-10)21(14,18)19/h3-6H,2,7-9H2,1H3,(H,15,16)(H2,14,18,19). The largest absolute Gasteiger partial charge is 0.456 e. The summed E-state index contributed by atoms with van der Waals surface area (Å²) in [6.07, 6.45) is 0.752. The summed E-state index contributed by atoms with van der Waals surface area (Å²) in [5, 5.41) is 7.59. The second-order valence-electron chi connectivity index (χ2n) is 4.30. The van der Waals surface area contributed by atoms with Crippen LogP contribution in [0.1, 0.15) is 18.9 Å². The molecule has 0 fully saturated rings. The van der Waals surface area contributed by atoms with Crippen molar-refractivity contribution < 1.29 is 22.7 Å². The Bertz CT molecular complexity index is 595. The first-order valence-electron chi connectivity index (χ1n) is 6.37. The molecule has 0 aliphatic rings. The Morgan fingerprint density at radius 3 is 2.38 bits per heavy atom. The van der Waals surface area contributed by atoms with Gasteiger partial charge in [0.05, 0.1) is 4.90 Å². The maximum atomic E-state index is 11.4. The van der Waals surface area contributed by atoms with Crippen LogP contribution in [0.25, 0.3) is 0 Å². The molecule has 0 saturated heterocycles. The van der Waals surface area contributed by atoms with E-state index in [1.165, 1.54) is 12.1 Å². The molecule has 21 heavy (non-hydrogen) atoms. The predicted octanol–water partition coefficient (Wildman–Crippen LogP) is -0.0541. The van der Waals surface area contributed by atoms with Crippen molar-refractivity contribution in [2.45, 2.75) is 24.7 Å². The maximum absolute atomic E-state index is 11.4. The van der Waals surface area contributed by atoms with Crippen molar-refractivity contribution in [3.05, 3.63) is 29.8 Å². The molecule has 116 valence electrons. The molecule has 1 amide bonds. The summed E-state index contributed by atoms with van der Waals surface area (Å²) in [4.78, 5) is 22.3. The number of carbonyl (C=O) groups is 2. The predicted molar refractivity (Wildman–Crippen MR) is 75.8 cm³/mol. The van der Waals surface area contributed by atoms with E-state index in [0.29, 0.717) is 13.0 Å². The zero-order chi connectivity index (χ0) is 15.9. The molecule has 0 spiro atoms. The normalized spacial score (nSPS) is 11.0. The van der Waals surface area contributed by atoms with E-state index in [-0.39, 0.29) is 23.8 Å². The molecule has 3 N–H and O–H groups in total. The van der Waals surface area contributed by atoms with Gasteiger partial charge in [-0.2, -0.15) is 0 Å². The van der Waals surface area contributed by atoms with Gasteiger partial charge in [-0.1, -0.05) is 19.1 Å². The molecule has 0 heterocycles. The number of primary sulfonamides is 1. The highest BCUT2D eigenvalue weighted by Gasteiger charge is 2.07. The highest BCUT2D eigenvalue weighted by Crippen LogP contribution is 2.08. The van der Waals surface area contributed by atoms with Crippen molar-refractivity contribution in [3.63, 3.8) is 0 Å². The molecule has 1 rings (SSSR count). The maximum Gasteiger partial charge on any atom is 0.306 e. The van der Waals surface area contributed by atoms with Crippen LogP contribution in [0.15, 0.2) is 29.2 Å². The first-order valence-corrected chi connectivity index (χ1v) is 7.91. The number of ether oxygens (including phenoxy) is 1. The summed E-state index contributed by atoms with van der Waals surface area (Å²) < 4.78 is 26.8. The molecule has 0 unspecified atom stereocenters. The number of rotatable bonds is 7. The third-order valence-electron chi connectivity index (χ3n) is 2.64. The van der Waals surface area contributed by atoms with Gasteiger partial charge in [0.1, 0.15) is 0 Å². The second-order valence-corrected chi connectivity index (χ2v) is 5.86. The first kappa shape index (κ1) is 17.1. The molecule has 1 aromatic carbocycles. The Balaban J connectivity index is 2.36. The average Bonchev–Trinajstić information content (AvgIpc) is 2.44. The van der Waals surface area contributed by atoms with Gasteiger partial charge < -0.3 is 10.1 Å². The summed E-state index contributed by atoms with van der Waals surface area (Å²) in [6, 6.07) is 6.08. The molecule has 0 saturated carbocycles. The van der Waals surface area contributed by atoms with E-state index in [9.17, 15) is 18.0 Å². The van der Waals surface area contributed by atoms with Crippen molar-refractivity contribution in [1.29, 1.82) is 0 Å². The smallest absolute Gasteiger partial charge is 0.306 e. The van der Waals surface area contributed by atoms with Crippen LogP contribution in [0.5, 0.6) is 0 Å². The number of esters is 1. The fourth-order valence-corrected chi connectivity index (χ4v) is 2.01. The Hall–Kier alpha value is -1.93. The summed E-state index contributed by atoms with van der Waals surface area (Å²) >= 11 is 0. The molecule has 8 heteroatoms. The second kappa shape index (κ2) is 7.75. The van der Waals surface area contributed by atoms with Gasteiger partial charge in [-0.15, -0.1) is 0 Å². The van der Waals surface area contributed by atoms with E-state index in [2.05, 4.69) is 10.1 Å². The van der Waals surface area contributed by atoms with E-state index in [1.54, 1.807) is 19.1 Å². The van der Waals surface area contributed by atoms with E-state index in [1.807, 2.05) is 0 Å². The van der Waals surface area contributed by atoms with Gasteiger partial charge in [-0.25, -0.2) is 13.6 Å². The SMILES string of the molecule is CCC(=O)OCC(=O)NCCc1ccc(S(N)(=O)=O)cc1. The lowest BCUT2D eigenvalue weighted by Crippen LogP contribution is -2.30. The van der Waals surface area contributed by atoms with Crippen LogP contribution < -0.4 is 10.5 Å². The minimum Gasteiger partial charge on any atom is -0.456 e. The van der Waals surface area contributed by atoms with Crippen molar-refractivity contribution in [2.24, 2.45) is 5.14 Å². The lowest BCUT2D eigenvalue weighted by molar-refractivity contribution is -0.148. The quantitative estimate of drug-likeness (QED) is 0.684. The van der Waals surface area contributed by atoms with Crippen LogP contribution in [-0.2, 0) is 30.8 Å². The Labute approximate surface area is 123 Å². The molecule has 0 radical (unpaired) electrons. The number of carbonyl (C=O) groups excluding carboxylic acids is 2. The number of nitrogens with one attached hydrogen (secondary N) is 1. The van der Waals surface area contributed by atoms with E-state index in [0.717, 1.165) is 5.56 Å². The minimum absolute atomic E-state index is 0.0433. The molecule has 0 bridgehead atoms. The zero-order valence-corrected chi connectivity index (χ0v) is 12.5. The van der Waals surface area contributed by atoms with E-state index in [4.69, 9.17) is 5.14 Å². The van der Waals surface area contributed by atoms with Gasteiger partial charge in [0.2, 0.25) is 10.0 Å². The number of sulfonamides is 1. The fourth-order valence-electron chi connectivity index (χ4n) is 1.49. The Kier molecular flexibility index (Phi) is 6.32. The average molecular weight is 314 g/mol. The van der Waals surface area contributed by atoms with Gasteiger partial charge in [-0.05, 0) is 24.1 Å². The van der Waals surface area contributed by atoms with Crippen molar-refractivity contribution >= 4 is 21.9 Å². The van der Waals surface area contributed by atoms with Crippen molar-refractivity contribution in [3.8, 4) is 0 Å². The number of hydrogen-bond acceptors (Lipinski definition) is 5. The number of hydrogen-bond donors (Lipinski definition) is 2. The molecule has 0 aromatic heterocycles. The molecular formula is C13H18N2O5S. The van der Waals surface area contributed by atoms with Gasteiger partial charge in [0.25, 0.3) is 5.91 Å².